The Balaban J connectivity index is 0.000000142. The van der Waals surface area contributed by atoms with Gasteiger partial charge in [0.25, 0.3) is 41.4 Å². The maximum absolute atomic E-state index is 12.6. The Bertz CT molecular complexity index is 7450. The number of carbonyl (C=O) groups excluding carboxylic acids is 8. The van der Waals surface area contributed by atoms with Crippen LogP contribution in [0.4, 0.5) is 11.4 Å². The Morgan fingerprint density at radius 2 is 0.823 bits per heavy atom. The lowest BCUT2D eigenvalue weighted by Crippen LogP contribution is -2.35. The highest BCUT2D eigenvalue weighted by Crippen LogP contribution is 2.40. The molecule has 716 valence electrons. The van der Waals surface area contributed by atoms with Crippen LogP contribution in [0.3, 0.4) is 0 Å². The molecule has 9 aromatic carbocycles. The zero-order chi connectivity index (χ0) is 100. The van der Waals surface area contributed by atoms with Crippen molar-refractivity contribution in [2.45, 2.75) is 72.6 Å². The fraction of sp³-hybridized carbons (Fsp3) is 0.143. The number of pyridine rings is 8. The van der Waals surface area contributed by atoms with Crippen LogP contribution in [0, 0.1) is 26.2 Å². The summed E-state index contributed by atoms with van der Waals surface area (Å²) in [6, 6.07) is 67.0. The van der Waals surface area contributed by atoms with Gasteiger partial charge in [0.05, 0.1) is 93.5 Å². The number of nitrogens with zero attached hydrogens (tertiary/aromatic N) is 8. The van der Waals surface area contributed by atoms with Crippen LogP contribution in [0.25, 0.3) is 76.5 Å². The molecule has 0 aliphatic heterocycles. The number of hydrogen-bond acceptors (Lipinski definition) is 27. The molecule has 0 spiro atoms. The second-order valence-corrected chi connectivity index (χ2v) is 32.6. The predicted molar refractivity (Wildman–Crippen MR) is 527 cm³/mol. The molecule has 1 aliphatic carbocycles. The van der Waals surface area contributed by atoms with Gasteiger partial charge >= 0.3 is 0 Å². The van der Waals surface area contributed by atoms with Crippen LogP contribution >= 0.6 is 11.6 Å². The normalized spacial score (nSPS) is 11.5. The zero-order valence-electron chi connectivity index (χ0n) is 77.0. The number of amides is 8. The minimum Gasteiger partial charge on any atom is -0.497 e. The van der Waals surface area contributed by atoms with E-state index in [1.807, 2.05) is 56.3 Å². The first kappa shape index (κ1) is 101. The lowest BCUT2D eigenvalue weighted by atomic mass is 9.75. The molecule has 35 nitrogen and oxygen atoms in total. The molecule has 17 aromatic rings. The summed E-state index contributed by atoms with van der Waals surface area (Å²) in [7, 11) is 4.61. The molecule has 1 saturated carbocycles. The van der Waals surface area contributed by atoms with Crippen LogP contribution in [0.1, 0.15) is 139 Å². The number of hydrogen-bond donors (Lipinski definition) is 14. The van der Waals surface area contributed by atoms with Gasteiger partial charge in [-0.1, -0.05) is 105 Å². The summed E-state index contributed by atoms with van der Waals surface area (Å²) < 4.78 is 27.4. The van der Waals surface area contributed by atoms with E-state index in [0.29, 0.717) is 112 Å². The molecule has 18 rings (SSSR count). The molecular weight excluding hydrogens is 1820 g/mol. The van der Waals surface area contributed by atoms with Crippen molar-refractivity contribution in [3.63, 3.8) is 0 Å². The van der Waals surface area contributed by atoms with E-state index in [-0.39, 0.29) is 39.5 Å². The first-order chi connectivity index (χ1) is 68.2. The molecule has 1 aliphatic rings. The quantitative estimate of drug-likeness (QED) is 0.0235. The van der Waals surface area contributed by atoms with E-state index in [1.54, 1.807) is 223 Å². The van der Waals surface area contributed by atoms with Crippen LogP contribution in [-0.4, -0.2) is 140 Å². The van der Waals surface area contributed by atoms with Gasteiger partial charge in [-0.05, 0) is 225 Å². The topological polar surface area (TPSA) is 503 Å². The van der Waals surface area contributed by atoms with Gasteiger partial charge in [-0.2, -0.15) is 0 Å². The molecule has 1 fully saturated rings. The number of halogens is 1. The van der Waals surface area contributed by atoms with Gasteiger partial charge in [-0.3, -0.25) is 109 Å². The molecule has 36 heteroatoms. The summed E-state index contributed by atoms with van der Waals surface area (Å²) in [6.45, 7) is 7.66. The number of aromatic nitrogens is 8. The van der Waals surface area contributed by atoms with E-state index >= 15 is 0 Å². The van der Waals surface area contributed by atoms with Crippen molar-refractivity contribution in [1.29, 1.82) is 0 Å². The van der Waals surface area contributed by atoms with E-state index < -0.39 is 35.4 Å². The molecular formula is C105H95ClN16O19. The van der Waals surface area contributed by atoms with Gasteiger partial charge < -0.3 is 34.3 Å². The first-order valence-corrected chi connectivity index (χ1v) is 44.1. The number of rotatable bonds is 21. The number of fused-ring (bicyclic) bond motifs is 6. The van der Waals surface area contributed by atoms with Crippen molar-refractivity contribution in [3.8, 4) is 51.4 Å². The number of aryl methyl sites for hydroxylation is 5. The Hall–Kier alpha value is -17.5. The summed E-state index contributed by atoms with van der Waals surface area (Å²) in [5.74, 6) is 0.0733. The van der Waals surface area contributed by atoms with Gasteiger partial charge in [-0.25, -0.2) is 32.9 Å². The van der Waals surface area contributed by atoms with E-state index in [0.717, 1.165) is 93.4 Å². The van der Waals surface area contributed by atoms with Crippen molar-refractivity contribution < 1.29 is 93.3 Å². The number of carbonyl (C=O) groups is 8. The van der Waals surface area contributed by atoms with Crippen LogP contribution in [-0.2, 0) is 17.6 Å². The number of nitrogens with one attached hydrogen (secondary N) is 8. The van der Waals surface area contributed by atoms with Crippen LogP contribution < -0.4 is 67.2 Å². The Morgan fingerprint density at radius 1 is 0.369 bits per heavy atom. The standard InChI is InChI=1S/C19H17N3O4.C19H18N2O2.C18H21N3O3.C17H13ClN2O4.C16H13N3O4.C16H13N3O2/c1-11-16(21-18(23)12-3-6-15(26-2)7-4-12)8-5-13-9-14(19(24)22-25)10-20-17(11)13;1-13-15(8-7-14-5-3-2-4-6-14)9-10-16-11-17(19(22)21-23)12-20-18(13)16;1-18(7-3-2-4-8-18)17(23)20-14-6-5-12-9-13(16(22)21-24)11-19-15(12)10-14;1-23-15-7-10-6-11(17(21)20-22)9-19-14(10)8-16(15)24-13-4-2-12(18)3-5-13;1-22-14-7-10-6-11(16(20)19-21)9-18-13(10)8-15(14)23-12-2-4-17-5-3-12;1-10-14(16(20)19-21)8-13-3-2-12(9-15(13)18-10)11-4-6-17-7-5-11/h3-10,25H,1-2H3,(H,21,23)(H,22,24);2-6,9-12,23H,7-8H2,1H3,(H,21,22);5-6,9-11,24H,2-4,7-8H2,1H3,(H,20,23)(H,21,22);2-9,22H,1H3,(H,20,21);2-9,21H,1H3,(H,19,20);2-9,21H,1H3,(H,19,20). The lowest BCUT2D eigenvalue weighted by Gasteiger charge is -2.32. The fourth-order valence-electron chi connectivity index (χ4n) is 15.2. The Morgan fingerprint density at radius 3 is 1.34 bits per heavy atom. The maximum atomic E-state index is 12.6. The molecule has 0 bridgehead atoms. The van der Waals surface area contributed by atoms with Gasteiger partial charge in [0.1, 0.15) is 17.2 Å². The second-order valence-electron chi connectivity index (χ2n) is 32.1. The largest absolute Gasteiger partial charge is 0.497 e. The summed E-state index contributed by atoms with van der Waals surface area (Å²) in [4.78, 5) is 128. The molecule has 141 heavy (non-hydrogen) atoms. The molecule has 8 heterocycles. The van der Waals surface area contributed by atoms with E-state index in [9.17, 15) is 38.4 Å². The van der Waals surface area contributed by atoms with Gasteiger partial charge in [0.15, 0.2) is 23.0 Å². The van der Waals surface area contributed by atoms with Gasteiger partial charge in [0, 0.05) is 128 Å². The van der Waals surface area contributed by atoms with Crippen molar-refractivity contribution in [2.75, 3.05) is 32.0 Å². The number of ether oxygens (including phenoxy) is 5. The molecule has 0 atom stereocenters. The summed E-state index contributed by atoms with van der Waals surface area (Å²) in [5, 5.41) is 63.3. The van der Waals surface area contributed by atoms with Crippen LogP contribution in [0.2, 0.25) is 5.02 Å². The smallest absolute Gasteiger partial charge is 0.276 e. The molecule has 0 radical (unpaired) electrons. The third-order valence-electron chi connectivity index (χ3n) is 22.9. The van der Waals surface area contributed by atoms with E-state index in [1.165, 1.54) is 62.8 Å². The number of hydroxylamine groups is 6. The minimum atomic E-state index is -0.634. The molecule has 0 saturated heterocycles. The number of methoxy groups -OCH3 is 3. The molecule has 0 unspecified atom stereocenters. The Kier molecular flexibility index (Phi) is 34.3. The van der Waals surface area contributed by atoms with E-state index in [2.05, 4.69) is 87.8 Å². The summed E-state index contributed by atoms with van der Waals surface area (Å²) >= 11 is 5.86. The van der Waals surface area contributed by atoms with E-state index in [4.69, 9.17) is 66.5 Å². The third kappa shape index (κ3) is 25.8. The SMILES string of the molecule is CC1(C(=O)Nc2ccc3cc(C(=O)NO)cnc3c2)CCCCC1.COc1cc2cc(C(=O)NO)cnc2cc1Oc1ccc(Cl)cc1.COc1cc2cc(C(=O)NO)cnc2cc1Oc1ccncc1.COc1ccc(C(=O)Nc2ccc3cc(C(=O)NO)cnc3c2C)cc1.Cc1c(CCc2ccccc2)ccc2cc(C(=O)NO)cnc12.Cc1nc2cc(-c3ccncc3)ccc2cc1C(=O)NO. The molecule has 8 amide bonds. The summed E-state index contributed by atoms with van der Waals surface area (Å²) in [6.07, 6.45) is 20.9. The lowest BCUT2D eigenvalue weighted by molar-refractivity contribution is -0.126. The van der Waals surface area contributed by atoms with Crippen molar-refractivity contribution in [3.05, 3.63) is 352 Å². The Labute approximate surface area is 810 Å². The van der Waals surface area contributed by atoms with Crippen LogP contribution in [0.15, 0.2) is 280 Å². The highest BCUT2D eigenvalue weighted by molar-refractivity contribution is 6.30. The predicted octanol–water partition coefficient (Wildman–Crippen LogP) is 18.7. The summed E-state index contributed by atoms with van der Waals surface area (Å²) in [5.41, 5.74) is 24.3. The van der Waals surface area contributed by atoms with Crippen molar-refractivity contribution >= 4 is 136 Å². The second kappa shape index (κ2) is 47.8. The average Bonchev–Trinajstić information content (AvgIpc) is 0.810. The average molecular weight is 1920 g/mol. The zero-order valence-corrected chi connectivity index (χ0v) is 77.7. The first-order valence-electron chi connectivity index (χ1n) is 43.7. The highest BCUT2D eigenvalue weighted by atomic mass is 35.5. The maximum Gasteiger partial charge on any atom is 0.276 e. The third-order valence-corrected chi connectivity index (χ3v) is 23.2. The number of benzene rings is 9. The molecule has 14 N–H and O–H groups in total. The monoisotopic (exact) mass is 1920 g/mol. The fourth-order valence-corrected chi connectivity index (χ4v) is 15.3. The minimum absolute atomic E-state index is 0.0535. The van der Waals surface area contributed by atoms with Crippen molar-refractivity contribution in [1.82, 2.24) is 72.8 Å². The molecule has 8 aromatic heterocycles. The highest BCUT2D eigenvalue weighted by Gasteiger charge is 2.35. The number of anilines is 2. The van der Waals surface area contributed by atoms with Gasteiger partial charge in [0.2, 0.25) is 5.91 Å². The van der Waals surface area contributed by atoms with Crippen LogP contribution in [0.5, 0.6) is 40.2 Å². The van der Waals surface area contributed by atoms with Crippen molar-refractivity contribution in [2.24, 2.45) is 5.41 Å². The van der Waals surface area contributed by atoms with Gasteiger partial charge in [-0.15, -0.1) is 0 Å².